The van der Waals surface area contributed by atoms with Gasteiger partial charge in [0.15, 0.2) is 6.10 Å². The minimum atomic E-state index is -0.714. The Kier molecular flexibility index (Phi) is 6.16. The maximum Gasteiger partial charge on any atom is 0.263 e. The molecule has 146 valence electrons. The summed E-state index contributed by atoms with van der Waals surface area (Å²) in [4.78, 5) is 18.4. The van der Waals surface area contributed by atoms with Crippen molar-refractivity contribution in [1.29, 1.82) is 0 Å². The van der Waals surface area contributed by atoms with Gasteiger partial charge in [-0.15, -0.1) is 0 Å². The summed E-state index contributed by atoms with van der Waals surface area (Å²) in [6.07, 6.45) is -0.714. The number of hydrogen-bond donors (Lipinski definition) is 0. The predicted octanol–water partition coefficient (Wildman–Crippen LogP) is 3.82. The fourth-order valence-corrected chi connectivity index (χ4v) is 2.73. The Morgan fingerprint density at radius 1 is 1.21 bits per heavy atom. The average molecular weight is 402 g/mol. The lowest BCUT2D eigenvalue weighted by molar-refractivity contribution is -0.137. The second kappa shape index (κ2) is 8.75. The van der Waals surface area contributed by atoms with Crippen LogP contribution in [0.1, 0.15) is 12.8 Å². The first-order chi connectivity index (χ1) is 13.5. The second-order valence-corrected chi connectivity index (χ2v) is 6.53. The summed E-state index contributed by atoms with van der Waals surface area (Å²) < 4.78 is 16.1. The van der Waals surface area contributed by atoms with Crippen LogP contribution in [0.15, 0.2) is 53.1 Å². The topological polar surface area (TPSA) is 77.7 Å². The van der Waals surface area contributed by atoms with E-state index in [0.29, 0.717) is 22.5 Å². The molecule has 8 heteroatoms. The smallest absolute Gasteiger partial charge is 0.263 e. The first-order valence-corrected chi connectivity index (χ1v) is 8.99. The van der Waals surface area contributed by atoms with Crippen LogP contribution in [0.3, 0.4) is 0 Å². The van der Waals surface area contributed by atoms with Gasteiger partial charge in [-0.25, -0.2) is 0 Å². The molecule has 28 heavy (non-hydrogen) atoms. The minimum absolute atomic E-state index is 0.165. The molecule has 1 atom stereocenters. The first kappa shape index (κ1) is 19.7. The van der Waals surface area contributed by atoms with Gasteiger partial charge in [0, 0.05) is 12.6 Å². The number of carbonyl (C=O) groups is 1. The fraction of sp³-hybridized carbons (Fsp3) is 0.250. The van der Waals surface area contributed by atoms with Crippen molar-refractivity contribution in [3.05, 3.63) is 59.4 Å². The van der Waals surface area contributed by atoms with E-state index in [9.17, 15) is 4.79 Å². The van der Waals surface area contributed by atoms with E-state index in [1.54, 1.807) is 45.3 Å². The number of nitrogens with zero attached hydrogens (tertiary/aromatic N) is 3. The molecule has 0 N–H and O–H groups in total. The van der Waals surface area contributed by atoms with Gasteiger partial charge in [-0.2, -0.15) is 4.98 Å². The van der Waals surface area contributed by atoms with E-state index in [1.807, 2.05) is 24.3 Å². The highest BCUT2D eigenvalue weighted by Gasteiger charge is 2.22. The van der Waals surface area contributed by atoms with Gasteiger partial charge in [0.25, 0.3) is 5.91 Å². The molecule has 3 aromatic rings. The van der Waals surface area contributed by atoms with Crippen LogP contribution in [0, 0.1) is 0 Å². The highest BCUT2D eigenvalue weighted by atomic mass is 35.5. The van der Waals surface area contributed by atoms with Crippen LogP contribution >= 0.6 is 11.6 Å². The number of benzene rings is 2. The van der Waals surface area contributed by atoms with Crippen molar-refractivity contribution in [3.63, 3.8) is 0 Å². The third-order valence-corrected chi connectivity index (χ3v) is 4.37. The lowest BCUT2D eigenvalue weighted by Gasteiger charge is -2.21. The Bertz CT molecular complexity index is 943. The highest BCUT2D eigenvalue weighted by Crippen LogP contribution is 2.25. The number of carbonyl (C=O) groups excluding carboxylic acids is 1. The van der Waals surface area contributed by atoms with Gasteiger partial charge in [0.05, 0.1) is 18.7 Å². The van der Waals surface area contributed by atoms with Gasteiger partial charge in [-0.05, 0) is 43.3 Å². The lowest BCUT2D eigenvalue weighted by Crippen LogP contribution is -2.37. The Morgan fingerprint density at radius 2 is 1.93 bits per heavy atom. The van der Waals surface area contributed by atoms with Gasteiger partial charge in [0.1, 0.15) is 11.5 Å². The molecule has 0 saturated heterocycles. The van der Waals surface area contributed by atoms with Crippen LogP contribution in [0.5, 0.6) is 11.5 Å². The van der Waals surface area contributed by atoms with Crippen molar-refractivity contribution in [2.24, 2.45) is 0 Å². The molecular weight excluding hydrogens is 382 g/mol. The van der Waals surface area contributed by atoms with Crippen molar-refractivity contribution in [1.82, 2.24) is 15.0 Å². The molecule has 0 fully saturated rings. The third-order valence-electron chi connectivity index (χ3n) is 4.05. The quantitative estimate of drug-likeness (QED) is 0.598. The summed E-state index contributed by atoms with van der Waals surface area (Å²) in [6.45, 7) is 1.83. The van der Waals surface area contributed by atoms with Crippen LogP contribution in [0.2, 0.25) is 5.02 Å². The van der Waals surface area contributed by atoms with E-state index in [-0.39, 0.29) is 12.5 Å². The van der Waals surface area contributed by atoms with Crippen molar-refractivity contribution in [2.75, 3.05) is 14.2 Å². The molecule has 3 rings (SSSR count). The molecule has 0 aliphatic rings. The molecule has 1 aromatic heterocycles. The molecule has 2 aromatic carbocycles. The summed E-state index contributed by atoms with van der Waals surface area (Å²) in [5.41, 5.74) is 0.792. The van der Waals surface area contributed by atoms with E-state index in [4.69, 9.17) is 25.6 Å². The van der Waals surface area contributed by atoms with E-state index < -0.39 is 6.10 Å². The van der Waals surface area contributed by atoms with Crippen molar-refractivity contribution in [2.45, 2.75) is 19.6 Å². The molecule has 1 heterocycles. The molecule has 7 nitrogen and oxygen atoms in total. The fourth-order valence-electron chi connectivity index (χ4n) is 2.55. The number of hydrogen-bond acceptors (Lipinski definition) is 6. The van der Waals surface area contributed by atoms with E-state index in [1.165, 1.54) is 4.90 Å². The lowest BCUT2D eigenvalue weighted by atomic mass is 10.2. The standard InChI is InChI=1S/C20H20ClN3O4/c1-13(27-17-7-5-4-6-16(17)21)20(25)24(2)12-18-22-19(23-28-18)14-8-10-15(26-3)11-9-14/h4-11,13H,12H2,1-3H3/t13-/m1/s1. The third kappa shape index (κ3) is 4.61. The molecule has 0 aliphatic carbocycles. The average Bonchev–Trinajstić information content (AvgIpc) is 3.17. The van der Waals surface area contributed by atoms with Gasteiger partial charge >= 0.3 is 0 Å². The maximum absolute atomic E-state index is 12.6. The van der Waals surface area contributed by atoms with E-state index in [0.717, 1.165) is 11.3 Å². The zero-order chi connectivity index (χ0) is 20.1. The molecule has 0 bridgehead atoms. The number of aromatic nitrogens is 2. The molecular formula is C20H20ClN3O4. The molecule has 0 radical (unpaired) electrons. The van der Waals surface area contributed by atoms with Crippen LogP contribution < -0.4 is 9.47 Å². The van der Waals surface area contributed by atoms with Gasteiger partial charge < -0.3 is 18.9 Å². The van der Waals surface area contributed by atoms with Crippen LogP contribution in [0.4, 0.5) is 0 Å². The SMILES string of the molecule is COc1ccc(-c2noc(CN(C)C(=O)[C@@H](C)Oc3ccccc3Cl)n2)cc1. The number of amides is 1. The summed E-state index contributed by atoms with van der Waals surface area (Å²) in [5.74, 6) is 1.73. The number of rotatable bonds is 7. The van der Waals surface area contributed by atoms with Crippen LogP contribution in [-0.2, 0) is 11.3 Å². The first-order valence-electron chi connectivity index (χ1n) is 8.61. The second-order valence-electron chi connectivity index (χ2n) is 6.13. The Hall–Kier alpha value is -3.06. The van der Waals surface area contributed by atoms with Gasteiger partial charge in [-0.3, -0.25) is 4.79 Å². The molecule has 0 unspecified atom stereocenters. The zero-order valence-electron chi connectivity index (χ0n) is 15.8. The summed E-state index contributed by atoms with van der Waals surface area (Å²) in [6, 6.07) is 14.3. The molecule has 0 spiro atoms. The number of halogens is 1. The molecule has 0 saturated carbocycles. The number of methoxy groups -OCH3 is 1. The molecule has 0 aliphatic heterocycles. The number of para-hydroxylation sites is 1. The number of ether oxygens (including phenoxy) is 2. The van der Waals surface area contributed by atoms with E-state index in [2.05, 4.69) is 10.1 Å². The molecule has 1 amide bonds. The van der Waals surface area contributed by atoms with Crippen LogP contribution in [-0.4, -0.2) is 41.2 Å². The summed E-state index contributed by atoms with van der Waals surface area (Å²) in [7, 11) is 3.25. The van der Waals surface area contributed by atoms with Crippen molar-refractivity contribution >= 4 is 17.5 Å². The maximum atomic E-state index is 12.6. The number of likely N-dealkylation sites (N-methyl/N-ethyl adjacent to an activating group) is 1. The summed E-state index contributed by atoms with van der Waals surface area (Å²) >= 11 is 6.07. The minimum Gasteiger partial charge on any atom is -0.497 e. The van der Waals surface area contributed by atoms with E-state index >= 15 is 0 Å². The highest BCUT2D eigenvalue weighted by molar-refractivity contribution is 6.32. The Labute approximate surface area is 167 Å². The largest absolute Gasteiger partial charge is 0.497 e. The van der Waals surface area contributed by atoms with Gasteiger partial charge in [0.2, 0.25) is 11.7 Å². The normalized spacial score (nSPS) is 11.7. The van der Waals surface area contributed by atoms with Crippen molar-refractivity contribution in [3.8, 4) is 22.9 Å². The Balaban J connectivity index is 1.62. The van der Waals surface area contributed by atoms with Crippen molar-refractivity contribution < 1.29 is 18.8 Å². The zero-order valence-corrected chi connectivity index (χ0v) is 16.5. The predicted molar refractivity (Wildman–Crippen MR) is 104 cm³/mol. The Morgan fingerprint density at radius 3 is 2.61 bits per heavy atom. The van der Waals surface area contributed by atoms with Gasteiger partial charge in [-0.1, -0.05) is 28.9 Å². The van der Waals surface area contributed by atoms with Crippen LogP contribution in [0.25, 0.3) is 11.4 Å². The summed E-state index contributed by atoms with van der Waals surface area (Å²) in [5, 5.41) is 4.41. The monoisotopic (exact) mass is 401 g/mol.